The molecule has 0 bridgehead atoms. The lowest BCUT2D eigenvalue weighted by Crippen LogP contribution is -2.52. The van der Waals surface area contributed by atoms with Crippen molar-refractivity contribution in [2.45, 2.75) is 89.1 Å². The largest absolute Gasteiger partial charge is 0.294 e. The molecule has 2 aliphatic carbocycles. The quantitative estimate of drug-likeness (QED) is 0.161. The van der Waals surface area contributed by atoms with Gasteiger partial charge < -0.3 is 0 Å². The van der Waals surface area contributed by atoms with Gasteiger partial charge in [0, 0.05) is 57.1 Å². The van der Waals surface area contributed by atoms with Crippen LogP contribution in [0.4, 0.5) is 0 Å². The molecule has 0 atom stereocenters. The van der Waals surface area contributed by atoms with Crippen molar-refractivity contribution < 1.29 is 0 Å². The van der Waals surface area contributed by atoms with Crippen LogP contribution in [0.25, 0.3) is 55.2 Å². The third-order valence-corrected chi connectivity index (χ3v) is 16.1. The number of benzene rings is 4. The van der Waals surface area contributed by atoms with Gasteiger partial charge in [-0.05, 0) is 62.1 Å². The van der Waals surface area contributed by atoms with Crippen molar-refractivity contribution in [3.63, 3.8) is 0 Å². The Bertz CT molecular complexity index is 2420. The van der Waals surface area contributed by atoms with E-state index in [0.717, 1.165) is 45.1 Å². The lowest BCUT2D eigenvalue weighted by molar-refractivity contribution is 0.429. The Morgan fingerprint density at radius 1 is 0.472 bits per heavy atom. The average molecular weight is 711 g/mol. The molecule has 6 nitrogen and oxygen atoms in total. The minimum Gasteiger partial charge on any atom is -0.294 e. The number of hydrogen-bond acceptors (Lipinski definition) is 4. The van der Waals surface area contributed by atoms with Crippen LogP contribution in [0.15, 0.2) is 109 Å². The molecular weight excluding hydrogens is 665 g/mol. The molecule has 2 saturated carbocycles. The molecule has 7 heteroatoms. The summed E-state index contributed by atoms with van der Waals surface area (Å²) < 4.78 is 4.70. The molecule has 0 aliphatic heterocycles. The fraction of sp³-hybridized carbons (Fsp3) is 0.304. The third-order valence-electron chi connectivity index (χ3n) is 12.5. The Hall–Kier alpha value is -5.14. The Kier molecular flexibility index (Phi) is 8.01. The van der Waals surface area contributed by atoms with Crippen LogP contribution in [0.2, 0.25) is 13.1 Å². The fourth-order valence-corrected chi connectivity index (χ4v) is 11.7. The van der Waals surface area contributed by atoms with E-state index in [1.807, 2.05) is 0 Å². The molecule has 2 fully saturated rings. The summed E-state index contributed by atoms with van der Waals surface area (Å²) in [5.74, 6) is 2.94. The van der Waals surface area contributed by atoms with Crippen molar-refractivity contribution in [3.05, 3.63) is 121 Å². The van der Waals surface area contributed by atoms with Gasteiger partial charge in [-0.1, -0.05) is 123 Å². The van der Waals surface area contributed by atoms with Gasteiger partial charge in [0.05, 0.1) is 11.0 Å². The molecule has 4 aromatic carbocycles. The van der Waals surface area contributed by atoms with Gasteiger partial charge in [-0.15, -0.1) is 0 Å². The predicted molar refractivity (Wildman–Crippen MR) is 221 cm³/mol. The second kappa shape index (κ2) is 13.1. The Morgan fingerprint density at radius 2 is 0.868 bits per heavy atom. The van der Waals surface area contributed by atoms with Gasteiger partial charge >= 0.3 is 0 Å². The molecule has 8 aromatic rings. The van der Waals surface area contributed by atoms with Crippen molar-refractivity contribution in [2.24, 2.45) is 0 Å². The van der Waals surface area contributed by atoms with Crippen LogP contribution in [0.1, 0.15) is 87.7 Å². The number of nitrogens with zero attached hydrogens (tertiary/aromatic N) is 6. The van der Waals surface area contributed by atoms with E-state index in [-0.39, 0.29) is 0 Å². The molecule has 0 N–H and O–H groups in total. The van der Waals surface area contributed by atoms with Crippen LogP contribution < -0.4 is 10.4 Å². The van der Waals surface area contributed by atoms with E-state index in [4.69, 9.17) is 19.9 Å². The van der Waals surface area contributed by atoms with Crippen molar-refractivity contribution in [2.75, 3.05) is 0 Å². The molecule has 4 aromatic heterocycles. The van der Waals surface area contributed by atoms with Gasteiger partial charge in [-0.3, -0.25) is 9.13 Å². The number of rotatable bonds is 6. The topological polar surface area (TPSA) is 61.4 Å². The highest BCUT2D eigenvalue weighted by Gasteiger charge is 2.28. The molecule has 10 rings (SSSR count). The van der Waals surface area contributed by atoms with E-state index in [1.165, 1.54) is 96.4 Å². The van der Waals surface area contributed by atoms with Crippen LogP contribution in [0, 0.1) is 0 Å². The molecular formula is C46H46N6Si. The highest BCUT2D eigenvalue weighted by Crippen LogP contribution is 2.36. The molecule has 0 spiro atoms. The summed E-state index contributed by atoms with van der Waals surface area (Å²) in [7, 11) is -2.02. The zero-order chi connectivity index (χ0) is 35.5. The van der Waals surface area contributed by atoms with Crippen molar-refractivity contribution in [1.82, 2.24) is 29.1 Å². The van der Waals surface area contributed by atoms with E-state index in [2.05, 4.69) is 132 Å². The summed E-state index contributed by atoms with van der Waals surface area (Å²) in [5.41, 5.74) is 6.69. The standard InChI is InChI=1S/C46H46N6Si/c1-53(2,35-25-21-33(22-26-35)51-41-19-11-9-17-37(41)39-29-47-43(49-45(39)51)31-13-5-3-6-14-31)36-27-23-34(24-28-36)52-42-20-12-10-18-38(42)40-30-48-44(50-46(40)52)32-15-7-4-8-16-32/h9-12,17-32H,3-8,13-16H2,1-2H3. The van der Waals surface area contributed by atoms with Crippen molar-refractivity contribution >= 4 is 62.3 Å². The molecule has 0 unspecified atom stereocenters. The Labute approximate surface area is 312 Å². The second-order valence-electron chi connectivity index (χ2n) is 16.0. The first-order chi connectivity index (χ1) is 26.0. The Balaban J connectivity index is 0.996. The first-order valence-corrected chi connectivity index (χ1v) is 22.8. The number of para-hydroxylation sites is 2. The van der Waals surface area contributed by atoms with Crippen LogP contribution in [-0.2, 0) is 0 Å². The predicted octanol–water partition coefficient (Wildman–Crippen LogP) is 10.4. The second-order valence-corrected chi connectivity index (χ2v) is 20.4. The molecule has 53 heavy (non-hydrogen) atoms. The molecule has 0 saturated heterocycles. The van der Waals surface area contributed by atoms with E-state index in [1.54, 1.807) is 0 Å². The average Bonchev–Trinajstić information content (AvgIpc) is 3.74. The Morgan fingerprint density at radius 3 is 1.28 bits per heavy atom. The molecule has 0 radical (unpaired) electrons. The normalized spacial score (nSPS) is 16.3. The first kappa shape index (κ1) is 32.5. The van der Waals surface area contributed by atoms with Crippen LogP contribution in [0.5, 0.6) is 0 Å². The molecule has 4 heterocycles. The van der Waals surface area contributed by atoms with Gasteiger partial charge in [-0.2, -0.15) is 0 Å². The maximum absolute atomic E-state index is 5.28. The summed E-state index contributed by atoms with van der Waals surface area (Å²) in [6.45, 7) is 4.93. The van der Waals surface area contributed by atoms with E-state index < -0.39 is 8.07 Å². The minimum absolute atomic E-state index is 0.461. The van der Waals surface area contributed by atoms with Gasteiger partial charge in [-0.25, -0.2) is 19.9 Å². The first-order valence-electron chi connectivity index (χ1n) is 19.8. The maximum atomic E-state index is 5.28. The summed E-state index contributed by atoms with van der Waals surface area (Å²) in [4.78, 5) is 20.4. The minimum atomic E-state index is -2.02. The maximum Gasteiger partial charge on any atom is 0.149 e. The molecule has 2 aliphatic rings. The lowest BCUT2D eigenvalue weighted by Gasteiger charge is -2.24. The summed E-state index contributed by atoms with van der Waals surface area (Å²) >= 11 is 0. The number of hydrogen-bond donors (Lipinski definition) is 0. The SMILES string of the molecule is C[Si](C)(c1ccc(-n2c3ccccc3c3cnc(C4CCCCC4)nc32)cc1)c1ccc(-n2c3ccccc3c3cnc(C4CCCCC4)nc32)cc1. The fourth-order valence-electron chi connectivity index (χ4n) is 9.37. The molecule has 264 valence electrons. The third kappa shape index (κ3) is 5.51. The van der Waals surface area contributed by atoms with Crippen LogP contribution >= 0.6 is 0 Å². The lowest BCUT2D eigenvalue weighted by atomic mass is 9.89. The summed E-state index contributed by atoms with van der Waals surface area (Å²) in [6, 6.07) is 36.0. The summed E-state index contributed by atoms with van der Waals surface area (Å²) in [5, 5.41) is 7.48. The number of aromatic nitrogens is 6. The van der Waals surface area contributed by atoms with Gasteiger partial charge in [0.15, 0.2) is 0 Å². The highest BCUT2D eigenvalue weighted by molar-refractivity contribution is 7.00. The zero-order valence-corrected chi connectivity index (χ0v) is 31.8. The van der Waals surface area contributed by atoms with Gasteiger partial charge in [0.2, 0.25) is 0 Å². The van der Waals surface area contributed by atoms with Crippen LogP contribution in [-0.4, -0.2) is 37.1 Å². The monoisotopic (exact) mass is 710 g/mol. The van der Waals surface area contributed by atoms with Crippen LogP contribution in [0.3, 0.4) is 0 Å². The van der Waals surface area contributed by atoms with E-state index in [9.17, 15) is 0 Å². The smallest absolute Gasteiger partial charge is 0.149 e. The van der Waals surface area contributed by atoms with Gasteiger partial charge in [0.25, 0.3) is 0 Å². The van der Waals surface area contributed by atoms with E-state index >= 15 is 0 Å². The van der Waals surface area contributed by atoms with Gasteiger partial charge in [0.1, 0.15) is 31.0 Å². The van der Waals surface area contributed by atoms with E-state index in [0.29, 0.717) is 11.8 Å². The number of fused-ring (bicyclic) bond motifs is 6. The van der Waals surface area contributed by atoms with Crippen molar-refractivity contribution in [1.29, 1.82) is 0 Å². The molecule has 0 amide bonds. The highest BCUT2D eigenvalue weighted by atomic mass is 28.3. The summed E-state index contributed by atoms with van der Waals surface area (Å²) in [6.07, 6.45) is 16.6. The zero-order valence-electron chi connectivity index (χ0n) is 30.8. The van der Waals surface area contributed by atoms with Crippen molar-refractivity contribution in [3.8, 4) is 11.4 Å².